The van der Waals surface area contributed by atoms with Crippen LogP contribution in [0.15, 0.2) is 12.1 Å². The van der Waals surface area contributed by atoms with E-state index in [-0.39, 0.29) is 5.92 Å². The van der Waals surface area contributed by atoms with Crippen molar-refractivity contribution in [2.45, 2.75) is 69.2 Å². The summed E-state index contributed by atoms with van der Waals surface area (Å²) in [5.41, 5.74) is 2.40. The van der Waals surface area contributed by atoms with Crippen LogP contribution in [0, 0.1) is 5.92 Å². The van der Waals surface area contributed by atoms with Gasteiger partial charge in [0.2, 0.25) is 0 Å². The van der Waals surface area contributed by atoms with E-state index in [9.17, 15) is 4.79 Å². The van der Waals surface area contributed by atoms with Gasteiger partial charge in [0.15, 0.2) is 0 Å². The van der Waals surface area contributed by atoms with Gasteiger partial charge >= 0.3 is 188 Å². The average Bonchev–Trinajstić information content (AvgIpc) is 3.23. The van der Waals surface area contributed by atoms with Gasteiger partial charge in [-0.15, -0.1) is 0 Å². The SMILES string of the molecule is CCCCC(CC)C(=O)n1c2c[c]([Sn]([CH3])([CH3])[CH3])sc2c2s[c]([Sn]([CH3])([CH3])[CH3])cc21. The van der Waals surface area contributed by atoms with Gasteiger partial charge in [-0.25, -0.2) is 0 Å². The van der Waals surface area contributed by atoms with Crippen molar-refractivity contribution in [1.82, 2.24) is 4.57 Å². The second kappa shape index (κ2) is 8.54. The molecule has 0 spiro atoms. The second-order valence-electron chi connectivity index (χ2n) is 10.1. The van der Waals surface area contributed by atoms with E-state index in [1.54, 1.807) is 5.79 Å². The molecule has 0 saturated heterocycles. The Kier molecular flexibility index (Phi) is 7.06. The first-order valence-corrected chi connectivity index (χ1v) is 32.2. The third kappa shape index (κ3) is 4.40. The molecule has 154 valence electrons. The van der Waals surface area contributed by atoms with E-state index < -0.39 is 36.8 Å². The van der Waals surface area contributed by atoms with Gasteiger partial charge in [0.25, 0.3) is 0 Å². The van der Waals surface area contributed by atoms with Gasteiger partial charge in [-0.1, -0.05) is 0 Å². The molecule has 3 aromatic rings. The van der Waals surface area contributed by atoms with Crippen molar-refractivity contribution in [1.29, 1.82) is 0 Å². The van der Waals surface area contributed by atoms with Gasteiger partial charge in [-0.2, -0.15) is 0 Å². The first-order valence-electron chi connectivity index (χ1n) is 10.6. The molecule has 2 nitrogen and oxygen atoms in total. The van der Waals surface area contributed by atoms with Gasteiger partial charge in [0.05, 0.1) is 0 Å². The summed E-state index contributed by atoms with van der Waals surface area (Å²) in [6.07, 6.45) is 4.24. The van der Waals surface area contributed by atoms with Crippen LogP contribution in [-0.4, -0.2) is 47.2 Å². The van der Waals surface area contributed by atoms with Gasteiger partial charge in [-0.3, -0.25) is 0 Å². The molecule has 3 heterocycles. The van der Waals surface area contributed by atoms with Crippen molar-refractivity contribution >= 4 is 91.6 Å². The molecule has 0 aromatic carbocycles. The molecule has 0 aliphatic carbocycles. The Bertz CT molecular complexity index is 932. The molecule has 28 heavy (non-hydrogen) atoms. The molecular weight excluding hydrogens is 596 g/mol. The molecule has 6 heteroatoms. The molecule has 0 bridgehead atoms. The Morgan fingerprint density at radius 2 is 1.39 bits per heavy atom. The van der Waals surface area contributed by atoms with Crippen molar-refractivity contribution in [3.8, 4) is 0 Å². The van der Waals surface area contributed by atoms with E-state index in [1.165, 1.54) is 20.4 Å². The fourth-order valence-electron chi connectivity index (χ4n) is 3.66. The fraction of sp³-hybridized carbons (Fsp3) is 0.591. The number of hydrogen-bond acceptors (Lipinski definition) is 3. The number of hydrogen-bond donors (Lipinski definition) is 0. The molecule has 3 rings (SSSR count). The van der Waals surface area contributed by atoms with Crippen LogP contribution in [0.5, 0.6) is 0 Å². The fourth-order valence-corrected chi connectivity index (χ4v) is 16.5. The van der Waals surface area contributed by atoms with Crippen molar-refractivity contribution in [3.63, 3.8) is 0 Å². The molecule has 0 N–H and O–H groups in total. The summed E-state index contributed by atoms with van der Waals surface area (Å²) in [6.45, 7) is 4.39. The first-order chi connectivity index (χ1) is 13.0. The molecule has 0 saturated carbocycles. The maximum atomic E-state index is 13.7. The number of carbonyl (C=O) groups excluding carboxylic acids is 1. The maximum absolute atomic E-state index is 13.7. The molecule has 1 unspecified atom stereocenters. The zero-order valence-corrected chi connectivity index (χ0v) is 26.1. The van der Waals surface area contributed by atoms with Crippen LogP contribution >= 0.6 is 22.7 Å². The average molecular weight is 631 g/mol. The number of unbranched alkanes of at least 4 members (excludes halogenated alkanes) is 1. The molecule has 0 aliphatic heterocycles. The number of aromatic nitrogens is 1. The topological polar surface area (TPSA) is 22.0 Å². The molecule has 0 amide bonds. The van der Waals surface area contributed by atoms with E-state index in [1.807, 2.05) is 22.7 Å². The van der Waals surface area contributed by atoms with E-state index in [0.717, 1.165) is 25.7 Å². The van der Waals surface area contributed by atoms with Crippen LogP contribution in [0.3, 0.4) is 0 Å². The zero-order chi connectivity index (χ0) is 20.9. The van der Waals surface area contributed by atoms with Crippen molar-refractivity contribution in [2.24, 2.45) is 5.92 Å². The van der Waals surface area contributed by atoms with Crippen LogP contribution in [0.2, 0.25) is 29.6 Å². The summed E-state index contributed by atoms with van der Waals surface area (Å²) < 4.78 is 8.05. The number of carbonyl (C=O) groups is 1. The van der Waals surface area contributed by atoms with Crippen LogP contribution < -0.4 is 5.79 Å². The summed E-state index contributed by atoms with van der Waals surface area (Å²) in [7, 11) is 0. The van der Waals surface area contributed by atoms with Crippen molar-refractivity contribution in [2.75, 3.05) is 0 Å². The Hall–Kier alpha value is 0.467. The summed E-state index contributed by atoms with van der Waals surface area (Å²) in [6, 6.07) is 4.76. The predicted octanol–water partition coefficient (Wildman–Crippen LogP) is 6.86. The van der Waals surface area contributed by atoms with Gasteiger partial charge in [0.1, 0.15) is 0 Å². The van der Waals surface area contributed by atoms with E-state index in [2.05, 4.69) is 60.2 Å². The Morgan fingerprint density at radius 3 is 1.75 bits per heavy atom. The minimum atomic E-state index is -2.17. The molecule has 0 aliphatic rings. The molecule has 1 atom stereocenters. The Balaban J connectivity index is 2.25. The van der Waals surface area contributed by atoms with Crippen molar-refractivity contribution < 1.29 is 4.79 Å². The minimum absolute atomic E-state index is 0.141. The molecule has 0 fully saturated rings. The summed E-state index contributed by atoms with van der Waals surface area (Å²) in [4.78, 5) is 28.6. The standard InChI is InChI=1S/C16H17NOS2.6CH3.2Sn/c1-3-5-6-11(4-2)16(18)17-12-7-9-19-14(12)15-13(17)8-10-20-15;;;;;;;;/h7-8,11H,3-6H2,1-2H3;6*1H3;;. The Morgan fingerprint density at radius 1 is 0.929 bits per heavy atom. The number of nitrogens with zero attached hydrogens (tertiary/aromatic N) is 1. The number of fused-ring (bicyclic) bond motifs is 3. The van der Waals surface area contributed by atoms with Crippen LogP contribution in [0.4, 0.5) is 0 Å². The molecule has 3 aromatic heterocycles. The normalized spacial score (nSPS) is 14.3. The third-order valence-corrected chi connectivity index (χ3v) is 26.8. The van der Waals surface area contributed by atoms with E-state index in [0.29, 0.717) is 5.91 Å². The second-order valence-corrected chi connectivity index (χ2v) is 43.0. The number of thiophene rings is 2. The van der Waals surface area contributed by atoms with Gasteiger partial charge in [0, 0.05) is 0 Å². The predicted molar refractivity (Wildman–Crippen MR) is 135 cm³/mol. The first kappa shape index (κ1) is 23.1. The van der Waals surface area contributed by atoms with Gasteiger partial charge < -0.3 is 0 Å². The Labute approximate surface area is 186 Å². The van der Waals surface area contributed by atoms with Crippen LogP contribution in [-0.2, 0) is 0 Å². The number of rotatable bonds is 7. The van der Waals surface area contributed by atoms with Crippen LogP contribution in [0.1, 0.15) is 44.3 Å². The quantitative estimate of drug-likeness (QED) is 0.262. The van der Waals surface area contributed by atoms with E-state index in [4.69, 9.17) is 0 Å². The summed E-state index contributed by atoms with van der Waals surface area (Å²) in [5, 5.41) is 0. The van der Waals surface area contributed by atoms with Crippen molar-refractivity contribution in [3.05, 3.63) is 12.1 Å². The molecular formula is C22H35NOS2Sn2. The van der Waals surface area contributed by atoms with Gasteiger partial charge in [-0.05, 0) is 0 Å². The monoisotopic (exact) mass is 633 g/mol. The third-order valence-electron chi connectivity index (χ3n) is 5.56. The van der Waals surface area contributed by atoms with E-state index >= 15 is 0 Å². The molecule has 0 radical (unpaired) electrons. The van der Waals surface area contributed by atoms with Crippen LogP contribution in [0.25, 0.3) is 20.4 Å². The summed E-state index contributed by atoms with van der Waals surface area (Å²) in [5.74, 6) is 0.472. The zero-order valence-electron chi connectivity index (χ0n) is 18.7. The summed E-state index contributed by atoms with van der Waals surface area (Å²) >= 11 is -0.372.